The van der Waals surface area contributed by atoms with Crippen LogP contribution in [-0.2, 0) is 22.3 Å². The van der Waals surface area contributed by atoms with E-state index in [1.807, 2.05) is 35.8 Å². The Balaban J connectivity index is 1.35. The van der Waals surface area contributed by atoms with E-state index in [1.54, 1.807) is 13.0 Å². The van der Waals surface area contributed by atoms with E-state index in [-0.39, 0.29) is 17.5 Å². The number of ether oxygens (including phenoxy) is 3. The lowest BCUT2D eigenvalue weighted by Gasteiger charge is -2.27. The molecule has 0 unspecified atom stereocenters. The van der Waals surface area contributed by atoms with Crippen molar-refractivity contribution in [1.82, 2.24) is 4.57 Å². The van der Waals surface area contributed by atoms with Crippen LogP contribution in [0.3, 0.4) is 0 Å². The number of para-hydroxylation sites is 2. The Morgan fingerprint density at radius 3 is 2.58 bits per heavy atom. The van der Waals surface area contributed by atoms with Crippen LogP contribution in [-0.4, -0.2) is 35.6 Å². The number of aromatic nitrogens is 1. The molecule has 188 valence electrons. The molecule has 0 amide bonds. The van der Waals surface area contributed by atoms with Gasteiger partial charge in [0.05, 0.1) is 12.1 Å². The third kappa shape index (κ3) is 5.79. The van der Waals surface area contributed by atoms with Crippen molar-refractivity contribution in [1.29, 1.82) is 0 Å². The number of carbonyl (C=O) groups excluding carboxylic acids is 2. The lowest BCUT2D eigenvalue weighted by atomic mass is 10.1. The van der Waals surface area contributed by atoms with Gasteiger partial charge in [-0.25, -0.2) is 4.79 Å². The largest absolute Gasteiger partial charge is 0.486 e. The van der Waals surface area contributed by atoms with Crippen LogP contribution < -0.4 is 9.47 Å². The highest BCUT2D eigenvalue weighted by Crippen LogP contribution is 2.32. The van der Waals surface area contributed by atoms with Crippen LogP contribution in [0.1, 0.15) is 32.9 Å². The molecular weight excluding hydrogens is 475 g/mol. The van der Waals surface area contributed by atoms with Gasteiger partial charge in [0, 0.05) is 23.0 Å². The van der Waals surface area contributed by atoms with Crippen molar-refractivity contribution in [2.45, 2.75) is 32.7 Å². The quantitative estimate of drug-likeness (QED) is 0.247. The fourth-order valence-corrected chi connectivity index (χ4v) is 3.97. The standard InChI is InChI=1S/C27H24F3NO5/c1-17-12-22(18(2)31(17)14-21-15-34-24-8-3-4-9-25(24)36-21)23(32)16-35-26(33)11-10-19-6-5-7-20(13-19)27(28,29)30/h3-13,21H,14-16H2,1-2H3/b11-10+/t21-/m1/s1. The van der Waals surface area contributed by atoms with Crippen molar-refractivity contribution in [3.05, 3.63) is 88.8 Å². The number of Topliss-reactive ketones (excluding diaryl/α,β-unsaturated/α-hetero) is 1. The fraction of sp³-hybridized carbons (Fsp3) is 0.259. The summed E-state index contributed by atoms with van der Waals surface area (Å²) < 4.78 is 57.2. The van der Waals surface area contributed by atoms with Gasteiger partial charge in [-0.1, -0.05) is 24.3 Å². The maximum Gasteiger partial charge on any atom is 0.416 e. The van der Waals surface area contributed by atoms with Gasteiger partial charge in [-0.05, 0) is 55.8 Å². The first-order valence-corrected chi connectivity index (χ1v) is 11.2. The van der Waals surface area contributed by atoms with E-state index in [2.05, 4.69) is 0 Å². The highest BCUT2D eigenvalue weighted by atomic mass is 19.4. The Labute approximate surface area is 205 Å². The predicted octanol–water partition coefficient (Wildman–Crippen LogP) is 5.40. The highest BCUT2D eigenvalue weighted by Gasteiger charge is 2.30. The summed E-state index contributed by atoms with van der Waals surface area (Å²) in [6, 6.07) is 13.7. The van der Waals surface area contributed by atoms with E-state index in [9.17, 15) is 22.8 Å². The van der Waals surface area contributed by atoms with Gasteiger partial charge in [0.1, 0.15) is 6.61 Å². The molecule has 1 aliphatic heterocycles. The number of aryl methyl sites for hydroxylation is 1. The Morgan fingerprint density at radius 1 is 1.08 bits per heavy atom. The molecule has 0 bridgehead atoms. The molecule has 3 aromatic rings. The van der Waals surface area contributed by atoms with E-state index in [4.69, 9.17) is 14.2 Å². The zero-order chi connectivity index (χ0) is 25.9. The number of hydrogen-bond donors (Lipinski definition) is 0. The molecule has 1 atom stereocenters. The van der Waals surface area contributed by atoms with Gasteiger partial charge in [0.15, 0.2) is 24.2 Å². The minimum absolute atomic E-state index is 0.188. The average Bonchev–Trinajstić information content (AvgIpc) is 3.14. The molecule has 0 saturated carbocycles. The molecule has 9 heteroatoms. The summed E-state index contributed by atoms with van der Waals surface area (Å²) in [5.41, 5.74) is 1.33. The third-order valence-corrected chi connectivity index (χ3v) is 5.80. The number of nitrogens with zero attached hydrogens (tertiary/aromatic N) is 1. The van der Waals surface area contributed by atoms with Crippen LogP contribution in [0.5, 0.6) is 11.5 Å². The summed E-state index contributed by atoms with van der Waals surface area (Å²) in [4.78, 5) is 24.8. The van der Waals surface area contributed by atoms with E-state index in [0.717, 1.165) is 23.9 Å². The van der Waals surface area contributed by atoms with Gasteiger partial charge >= 0.3 is 12.1 Å². The molecule has 0 fully saturated rings. The zero-order valence-corrected chi connectivity index (χ0v) is 19.7. The molecule has 1 aliphatic rings. The summed E-state index contributed by atoms with van der Waals surface area (Å²) in [7, 11) is 0. The van der Waals surface area contributed by atoms with Crippen LogP contribution in [0.15, 0.2) is 60.7 Å². The van der Waals surface area contributed by atoms with Crippen LogP contribution >= 0.6 is 0 Å². The monoisotopic (exact) mass is 499 g/mol. The Kier molecular flexibility index (Phi) is 7.19. The zero-order valence-electron chi connectivity index (χ0n) is 19.7. The van der Waals surface area contributed by atoms with E-state index >= 15 is 0 Å². The molecule has 0 spiro atoms. The second kappa shape index (κ2) is 10.3. The third-order valence-electron chi connectivity index (χ3n) is 5.80. The minimum Gasteiger partial charge on any atom is -0.486 e. The second-order valence-corrected chi connectivity index (χ2v) is 8.38. The highest BCUT2D eigenvalue weighted by molar-refractivity contribution is 6.00. The molecule has 0 saturated heterocycles. The average molecular weight is 499 g/mol. The Hall–Kier alpha value is -4.01. The molecule has 1 aromatic heterocycles. The van der Waals surface area contributed by atoms with Crippen LogP contribution in [0.4, 0.5) is 13.2 Å². The second-order valence-electron chi connectivity index (χ2n) is 8.38. The summed E-state index contributed by atoms with van der Waals surface area (Å²) >= 11 is 0. The van der Waals surface area contributed by atoms with Gasteiger partial charge in [0.2, 0.25) is 5.78 Å². The van der Waals surface area contributed by atoms with E-state index < -0.39 is 24.3 Å². The van der Waals surface area contributed by atoms with Gasteiger partial charge < -0.3 is 18.8 Å². The van der Waals surface area contributed by atoms with Crippen LogP contribution in [0.25, 0.3) is 6.08 Å². The number of carbonyl (C=O) groups is 2. The molecule has 2 aromatic carbocycles. The summed E-state index contributed by atoms with van der Waals surface area (Å²) in [5.74, 6) is 0.134. The van der Waals surface area contributed by atoms with Crippen LogP contribution in [0, 0.1) is 13.8 Å². The topological polar surface area (TPSA) is 66.8 Å². The van der Waals surface area contributed by atoms with Gasteiger partial charge in [-0.2, -0.15) is 13.2 Å². The number of esters is 1. The van der Waals surface area contributed by atoms with Crippen molar-refractivity contribution in [3.8, 4) is 11.5 Å². The lowest BCUT2D eigenvalue weighted by molar-refractivity contribution is -0.138. The van der Waals surface area contributed by atoms with Gasteiger partial charge in [-0.15, -0.1) is 0 Å². The summed E-state index contributed by atoms with van der Waals surface area (Å²) in [5, 5.41) is 0. The number of benzene rings is 2. The number of hydrogen-bond acceptors (Lipinski definition) is 5. The molecule has 2 heterocycles. The molecule has 0 aliphatic carbocycles. The lowest BCUT2D eigenvalue weighted by Crippen LogP contribution is -2.33. The minimum atomic E-state index is -4.48. The predicted molar refractivity (Wildman–Crippen MR) is 126 cm³/mol. The van der Waals surface area contributed by atoms with Gasteiger partial charge in [0.25, 0.3) is 0 Å². The first-order chi connectivity index (χ1) is 17.1. The van der Waals surface area contributed by atoms with Gasteiger partial charge in [-0.3, -0.25) is 4.79 Å². The fourth-order valence-electron chi connectivity index (χ4n) is 3.97. The number of rotatable bonds is 7. The molecular formula is C27H24F3NO5. The first kappa shape index (κ1) is 25.1. The first-order valence-electron chi connectivity index (χ1n) is 11.2. The van der Waals surface area contributed by atoms with Crippen molar-refractivity contribution in [2.75, 3.05) is 13.2 Å². The number of halogens is 3. The summed E-state index contributed by atoms with van der Waals surface area (Å²) in [6.07, 6.45) is -2.53. The Morgan fingerprint density at radius 2 is 1.83 bits per heavy atom. The smallest absolute Gasteiger partial charge is 0.416 e. The maximum absolute atomic E-state index is 12.8. The number of alkyl halides is 3. The van der Waals surface area contributed by atoms with Crippen molar-refractivity contribution >= 4 is 17.8 Å². The normalized spacial score (nSPS) is 15.2. The number of ketones is 1. The molecule has 0 N–H and O–H groups in total. The van der Waals surface area contributed by atoms with E-state index in [1.165, 1.54) is 18.2 Å². The molecule has 36 heavy (non-hydrogen) atoms. The van der Waals surface area contributed by atoms with Crippen molar-refractivity contribution in [2.24, 2.45) is 0 Å². The SMILES string of the molecule is Cc1cc(C(=O)COC(=O)/C=C/c2cccc(C(F)(F)F)c2)c(C)n1C[C@@H]1COc2ccccc2O1. The Bertz CT molecular complexity index is 1310. The summed E-state index contributed by atoms with van der Waals surface area (Å²) in [6.45, 7) is 4.01. The molecule has 6 nitrogen and oxygen atoms in total. The van der Waals surface area contributed by atoms with Crippen molar-refractivity contribution in [3.63, 3.8) is 0 Å². The molecule has 4 rings (SSSR count). The van der Waals surface area contributed by atoms with Crippen molar-refractivity contribution < 1.29 is 37.0 Å². The van der Waals surface area contributed by atoms with Crippen LogP contribution in [0.2, 0.25) is 0 Å². The number of fused-ring (bicyclic) bond motifs is 1. The molecule has 0 radical (unpaired) electrons. The maximum atomic E-state index is 12.8. The van der Waals surface area contributed by atoms with E-state index in [0.29, 0.717) is 35.9 Å².